The molecule has 2 bridgehead atoms. The summed E-state index contributed by atoms with van der Waals surface area (Å²) >= 11 is 0. The minimum Gasteiger partial charge on any atom is -0.503 e. The first-order valence-electron chi connectivity index (χ1n) is 9.71. The van der Waals surface area contributed by atoms with Crippen LogP contribution in [0.25, 0.3) is 0 Å². The number of nitrogens with zero attached hydrogens (tertiary/aromatic N) is 2. The third-order valence-electron chi connectivity index (χ3n) is 5.66. The van der Waals surface area contributed by atoms with Crippen LogP contribution in [-0.4, -0.2) is 45.6 Å². The molecule has 2 amide bonds. The lowest BCUT2D eigenvalue weighted by atomic mass is 10.0. The number of aromatic nitrogens is 1. The molecule has 3 heterocycles. The second kappa shape index (κ2) is 7.55. The molecule has 0 unspecified atom stereocenters. The van der Waals surface area contributed by atoms with Crippen molar-refractivity contribution >= 4 is 11.8 Å². The summed E-state index contributed by atoms with van der Waals surface area (Å²) < 4.78 is 29.4. The van der Waals surface area contributed by atoms with Gasteiger partial charge in [-0.1, -0.05) is 12.1 Å². The number of amides is 2. The number of halogens is 2. The summed E-state index contributed by atoms with van der Waals surface area (Å²) in [7, 11) is 0. The maximum Gasteiger partial charge on any atom is 0.274 e. The Balaban J connectivity index is 1.67. The number of hydrogen-bond donors (Lipinski definition) is 2. The van der Waals surface area contributed by atoms with Gasteiger partial charge in [0.05, 0.1) is 6.04 Å². The Morgan fingerprint density at radius 1 is 1.33 bits per heavy atom. The Kier molecular flexibility index (Phi) is 5.05. The van der Waals surface area contributed by atoms with E-state index in [-0.39, 0.29) is 49.3 Å². The van der Waals surface area contributed by atoms with E-state index in [1.807, 2.05) is 0 Å². The van der Waals surface area contributed by atoms with Crippen LogP contribution in [0.3, 0.4) is 0 Å². The van der Waals surface area contributed by atoms with E-state index in [0.717, 1.165) is 5.56 Å². The van der Waals surface area contributed by atoms with Crippen LogP contribution in [0.1, 0.15) is 50.9 Å². The second-order valence-electron chi connectivity index (χ2n) is 7.78. The van der Waals surface area contributed by atoms with E-state index in [1.165, 1.54) is 27.8 Å². The van der Waals surface area contributed by atoms with Crippen molar-refractivity contribution in [3.05, 3.63) is 62.8 Å². The van der Waals surface area contributed by atoms with Crippen molar-refractivity contribution in [2.45, 2.75) is 38.5 Å². The highest BCUT2D eigenvalue weighted by molar-refractivity contribution is 5.99. The summed E-state index contributed by atoms with van der Waals surface area (Å²) in [6.07, 6.45) is 0.337. The number of nitrogens with one attached hydrogen (secondary N) is 1. The van der Waals surface area contributed by atoms with E-state index in [1.54, 1.807) is 13.0 Å². The van der Waals surface area contributed by atoms with Gasteiger partial charge in [0, 0.05) is 37.8 Å². The summed E-state index contributed by atoms with van der Waals surface area (Å²) in [5, 5.41) is 12.9. The van der Waals surface area contributed by atoms with E-state index in [2.05, 4.69) is 5.32 Å². The molecule has 0 spiro atoms. The first-order chi connectivity index (χ1) is 14.3. The lowest BCUT2D eigenvalue weighted by Crippen LogP contribution is -2.44. The Bertz CT molecular complexity index is 1100. The number of fused-ring (bicyclic) bond motifs is 4. The number of alkyl halides is 1. The number of aryl methyl sites for hydroxylation is 1. The molecule has 2 aliphatic heterocycles. The van der Waals surface area contributed by atoms with Crippen molar-refractivity contribution in [1.29, 1.82) is 0 Å². The Morgan fingerprint density at radius 2 is 2.10 bits per heavy atom. The lowest BCUT2D eigenvalue weighted by molar-refractivity contribution is 0.0677. The van der Waals surface area contributed by atoms with Gasteiger partial charge >= 0.3 is 0 Å². The van der Waals surface area contributed by atoms with Gasteiger partial charge in [-0.25, -0.2) is 8.78 Å². The molecule has 1 aromatic heterocycles. The number of carbonyl (C=O) groups is 2. The van der Waals surface area contributed by atoms with E-state index in [9.17, 15) is 28.3 Å². The monoisotopic (exact) mass is 417 g/mol. The van der Waals surface area contributed by atoms with Gasteiger partial charge in [-0.05, 0) is 25.0 Å². The number of hydrogen-bond acceptors (Lipinski definition) is 4. The molecule has 0 aliphatic carbocycles. The molecule has 2 aliphatic rings. The van der Waals surface area contributed by atoms with Crippen molar-refractivity contribution in [3.63, 3.8) is 0 Å². The minimum atomic E-state index is -1.14. The predicted octanol–water partition coefficient (Wildman–Crippen LogP) is 2.06. The van der Waals surface area contributed by atoms with Crippen molar-refractivity contribution in [2.24, 2.45) is 0 Å². The van der Waals surface area contributed by atoms with E-state index in [0.29, 0.717) is 0 Å². The molecule has 2 atom stereocenters. The fourth-order valence-electron chi connectivity index (χ4n) is 4.01. The van der Waals surface area contributed by atoms with Gasteiger partial charge in [-0.15, -0.1) is 0 Å². The third kappa shape index (κ3) is 3.44. The van der Waals surface area contributed by atoms with Crippen LogP contribution < -0.4 is 10.7 Å². The molecule has 158 valence electrons. The van der Waals surface area contributed by atoms with Gasteiger partial charge < -0.3 is 19.9 Å². The molecule has 1 saturated heterocycles. The van der Waals surface area contributed by atoms with Crippen LogP contribution in [0.2, 0.25) is 0 Å². The molecule has 2 N–H and O–H groups in total. The normalized spacial score (nSPS) is 20.5. The summed E-state index contributed by atoms with van der Waals surface area (Å²) in [6, 6.07) is 4.06. The number of pyridine rings is 1. The zero-order valence-electron chi connectivity index (χ0n) is 16.3. The number of rotatable bonds is 3. The molecular weight excluding hydrogens is 396 g/mol. The summed E-state index contributed by atoms with van der Waals surface area (Å²) in [5.41, 5.74) is -0.635. The summed E-state index contributed by atoms with van der Waals surface area (Å²) in [6.45, 7) is 2.02. The van der Waals surface area contributed by atoms with Crippen LogP contribution in [0.4, 0.5) is 8.78 Å². The standard InChI is InChI=1S/C21H21F2N3O4/c1-11-2-3-12(16(23)6-11)8-24-20(29)15-10-26-14-7-13(22)4-5-25(9-14)21(30)17(26)19(28)18(15)27/h2-3,6,10,13-14,28H,4-5,7-9H2,1H3,(H,24,29)/t13-,14-/m1/s1. The Labute approximate surface area is 170 Å². The molecule has 1 aromatic carbocycles. The highest BCUT2D eigenvalue weighted by atomic mass is 19.1. The number of aromatic hydroxyl groups is 1. The number of carbonyl (C=O) groups excluding carboxylic acids is 2. The maximum atomic E-state index is 14.1. The summed E-state index contributed by atoms with van der Waals surface area (Å²) in [5.74, 6) is -2.70. The Hall–Kier alpha value is -3.23. The average molecular weight is 417 g/mol. The van der Waals surface area contributed by atoms with Crippen LogP contribution in [0.15, 0.2) is 29.2 Å². The van der Waals surface area contributed by atoms with E-state index < -0.39 is 41.0 Å². The van der Waals surface area contributed by atoms with Crippen LogP contribution in [0, 0.1) is 12.7 Å². The minimum absolute atomic E-state index is 0.106. The molecule has 9 heteroatoms. The lowest BCUT2D eigenvalue weighted by Gasteiger charge is -2.34. The zero-order chi connectivity index (χ0) is 21.6. The van der Waals surface area contributed by atoms with E-state index in [4.69, 9.17) is 0 Å². The fourth-order valence-corrected chi connectivity index (χ4v) is 4.01. The van der Waals surface area contributed by atoms with Crippen LogP contribution in [0.5, 0.6) is 5.75 Å². The molecule has 0 radical (unpaired) electrons. The highest BCUT2D eigenvalue weighted by Crippen LogP contribution is 2.32. The Morgan fingerprint density at radius 3 is 2.83 bits per heavy atom. The molecule has 2 aromatic rings. The van der Waals surface area contributed by atoms with Crippen LogP contribution >= 0.6 is 0 Å². The highest BCUT2D eigenvalue weighted by Gasteiger charge is 2.38. The van der Waals surface area contributed by atoms with Crippen molar-refractivity contribution in [2.75, 3.05) is 13.1 Å². The van der Waals surface area contributed by atoms with Gasteiger partial charge in [-0.3, -0.25) is 14.4 Å². The largest absolute Gasteiger partial charge is 0.503 e. The first-order valence-corrected chi connectivity index (χ1v) is 9.71. The number of benzene rings is 1. The summed E-state index contributed by atoms with van der Waals surface area (Å²) in [4.78, 5) is 39.3. The molecule has 0 saturated carbocycles. The fraction of sp³-hybridized carbons (Fsp3) is 0.381. The molecule has 4 rings (SSSR count). The smallest absolute Gasteiger partial charge is 0.274 e. The molecular formula is C21H21F2N3O4. The van der Waals surface area contributed by atoms with E-state index >= 15 is 0 Å². The van der Waals surface area contributed by atoms with Crippen molar-refractivity contribution in [3.8, 4) is 5.75 Å². The molecule has 1 fully saturated rings. The van der Waals surface area contributed by atoms with Crippen LogP contribution in [-0.2, 0) is 6.54 Å². The third-order valence-corrected chi connectivity index (χ3v) is 5.66. The maximum absolute atomic E-state index is 14.1. The molecule has 30 heavy (non-hydrogen) atoms. The first kappa shape index (κ1) is 20.1. The predicted molar refractivity (Wildman–Crippen MR) is 104 cm³/mol. The van der Waals surface area contributed by atoms with Crippen molar-refractivity contribution in [1.82, 2.24) is 14.8 Å². The average Bonchev–Trinajstić information content (AvgIpc) is 2.87. The van der Waals surface area contributed by atoms with Gasteiger partial charge in [-0.2, -0.15) is 0 Å². The van der Waals surface area contributed by atoms with Gasteiger partial charge in [0.15, 0.2) is 11.4 Å². The topological polar surface area (TPSA) is 91.6 Å². The quantitative estimate of drug-likeness (QED) is 0.800. The zero-order valence-corrected chi connectivity index (χ0v) is 16.3. The van der Waals surface area contributed by atoms with Gasteiger partial charge in [0.25, 0.3) is 11.8 Å². The SMILES string of the molecule is Cc1ccc(CNC(=O)c2cn3c(c(O)c2=O)C(=O)N2CC[C@@H](F)C[C@@H]3C2)c(F)c1. The second-order valence-corrected chi connectivity index (χ2v) is 7.78. The van der Waals surface area contributed by atoms with Gasteiger partial charge in [0.2, 0.25) is 5.43 Å². The van der Waals surface area contributed by atoms with Gasteiger partial charge in [0.1, 0.15) is 17.6 Å². The molecule has 7 nitrogen and oxygen atoms in total. The van der Waals surface area contributed by atoms with Crippen molar-refractivity contribution < 1.29 is 23.5 Å².